The molecule has 0 saturated carbocycles. The highest BCUT2D eigenvalue weighted by molar-refractivity contribution is 7.15. The van der Waals surface area contributed by atoms with Crippen LogP contribution in [0.15, 0.2) is 24.4 Å². The molecule has 1 saturated heterocycles. The van der Waals surface area contributed by atoms with Gasteiger partial charge in [0.25, 0.3) is 5.91 Å². The van der Waals surface area contributed by atoms with Gasteiger partial charge in [0.15, 0.2) is 5.13 Å². The molecule has 1 aromatic carbocycles. The van der Waals surface area contributed by atoms with Gasteiger partial charge in [-0.1, -0.05) is 11.6 Å². The number of thiazole rings is 1. The molecule has 2 aromatic rings. The minimum atomic E-state index is -0.535. The summed E-state index contributed by atoms with van der Waals surface area (Å²) < 4.78 is 13.3. The van der Waals surface area contributed by atoms with Crippen molar-refractivity contribution < 1.29 is 9.18 Å². The van der Waals surface area contributed by atoms with E-state index in [0.29, 0.717) is 11.0 Å². The van der Waals surface area contributed by atoms with E-state index in [1.807, 2.05) is 6.20 Å². The van der Waals surface area contributed by atoms with Gasteiger partial charge in [0, 0.05) is 21.7 Å². The first kappa shape index (κ1) is 15.4. The summed E-state index contributed by atoms with van der Waals surface area (Å²) in [4.78, 5) is 17.5. The van der Waals surface area contributed by atoms with Gasteiger partial charge in [-0.2, -0.15) is 0 Å². The molecule has 0 radical (unpaired) electrons. The van der Waals surface area contributed by atoms with Crippen LogP contribution in [0.5, 0.6) is 0 Å². The molecule has 1 aromatic heterocycles. The molecule has 0 atom stereocenters. The van der Waals surface area contributed by atoms with Crippen molar-refractivity contribution in [2.24, 2.45) is 0 Å². The van der Waals surface area contributed by atoms with Crippen molar-refractivity contribution in [2.45, 2.75) is 18.8 Å². The smallest absolute Gasteiger partial charge is 0.257 e. The molecule has 116 valence electrons. The third kappa shape index (κ3) is 3.63. The Morgan fingerprint density at radius 2 is 2.14 bits per heavy atom. The highest BCUT2D eigenvalue weighted by Crippen LogP contribution is 2.31. The zero-order chi connectivity index (χ0) is 15.5. The lowest BCUT2D eigenvalue weighted by Crippen LogP contribution is -2.26. The number of piperidine rings is 1. The molecule has 0 spiro atoms. The minimum Gasteiger partial charge on any atom is -0.317 e. The average molecular weight is 340 g/mol. The molecule has 1 fully saturated rings. The van der Waals surface area contributed by atoms with Crippen molar-refractivity contribution in [1.29, 1.82) is 0 Å². The third-order valence-electron chi connectivity index (χ3n) is 3.61. The van der Waals surface area contributed by atoms with E-state index in [1.165, 1.54) is 22.3 Å². The summed E-state index contributed by atoms with van der Waals surface area (Å²) in [6.07, 6.45) is 3.97. The van der Waals surface area contributed by atoms with Gasteiger partial charge in [0.1, 0.15) is 5.82 Å². The number of carbonyl (C=O) groups is 1. The second-order valence-corrected chi connectivity index (χ2v) is 6.70. The van der Waals surface area contributed by atoms with Gasteiger partial charge in [0.2, 0.25) is 0 Å². The fraction of sp³-hybridized carbons (Fsp3) is 0.333. The summed E-state index contributed by atoms with van der Waals surface area (Å²) in [5, 5.41) is 6.74. The normalized spacial score (nSPS) is 15.7. The number of nitrogens with one attached hydrogen (secondary N) is 2. The quantitative estimate of drug-likeness (QED) is 0.897. The maximum absolute atomic E-state index is 13.3. The molecule has 1 aliphatic heterocycles. The molecule has 4 nitrogen and oxygen atoms in total. The Bertz CT molecular complexity index is 665. The SMILES string of the molecule is O=C(Nc1ncc(C2CCNCC2)s1)c1cc(F)cc(Cl)c1. The summed E-state index contributed by atoms with van der Waals surface area (Å²) in [6.45, 7) is 2.01. The van der Waals surface area contributed by atoms with Crippen molar-refractivity contribution in [2.75, 3.05) is 18.4 Å². The molecule has 0 aliphatic carbocycles. The first-order valence-corrected chi connectivity index (χ1v) is 8.25. The van der Waals surface area contributed by atoms with E-state index in [9.17, 15) is 9.18 Å². The number of hydrogen-bond donors (Lipinski definition) is 2. The van der Waals surface area contributed by atoms with Gasteiger partial charge in [-0.05, 0) is 50.0 Å². The summed E-state index contributed by atoms with van der Waals surface area (Å²) in [6, 6.07) is 3.75. The van der Waals surface area contributed by atoms with E-state index in [4.69, 9.17) is 11.6 Å². The Morgan fingerprint density at radius 1 is 1.36 bits per heavy atom. The molecule has 22 heavy (non-hydrogen) atoms. The van der Waals surface area contributed by atoms with Crippen LogP contribution >= 0.6 is 22.9 Å². The zero-order valence-corrected chi connectivity index (χ0v) is 13.3. The van der Waals surface area contributed by atoms with Gasteiger partial charge in [-0.15, -0.1) is 11.3 Å². The van der Waals surface area contributed by atoms with Crippen molar-refractivity contribution >= 4 is 34.0 Å². The van der Waals surface area contributed by atoms with Crippen molar-refractivity contribution in [3.05, 3.63) is 45.7 Å². The van der Waals surface area contributed by atoms with Crippen molar-refractivity contribution in [1.82, 2.24) is 10.3 Å². The number of benzene rings is 1. The molecule has 0 bridgehead atoms. The topological polar surface area (TPSA) is 54.0 Å². The van der Waals surface area contributed by atoms with E-state index in [-0.39, 0.29) is 10.6 Å². The van der Waals surface area contributed by atoms with Crippen LogP contribution in [0.3, 0.4) is 0 Å². The first-order valence-electron chi connectivity index (χ1n) is 7.06. The number of carbonyl (C=O) groups excluding carboxylic acids is 1. The number of nitrogens with zero attached hydrogens (tertiary/aromatic N) is 1. The fourth-order valence-corrected chi connectivity index (χ4v) is 3.70. The van der Waals surface area contributed by atoms with Gasteiger partial charge < -0.3 is 5.32 Å². The molecular weight excluding hydrogens is 325 g/mol. The summed E-state index contributed by atoms with van der Waals surface area (Å²) >= 11 is 7.24. The van der Waals surface area contributed by atoms with E-state index in [0.717, 1.165) is 38.1 Å². The van der Waals surface area contributed by atoms with Crippen LogP contribution < -0.4 is 10.6 Å². The third-order valence-corrected chi connectivity index (χ3v) is 4.90. The number of halogens is 2. The Hall–Kier alpha value is -1.50. The number of amides is 1. The van der Waals surface area contributed by atoms with E-state index >= 15 is 0 Å². The summed E-state index contributed by atoms with van der Waals surface area (Å²) in [5.74, 6) is -0.451. The molecule has 0 unspecified atom stereocenters. The van der Waals surface area contributed by atoms with Gasteiger partial charge in [0.05, 0.1) is 0 Å². The fourth-order valence-electron chi connectivity index (χ4n) is 2.49. The average Bonchev–Trinajstić information content (AvgIpc) is 2.95. The van der Waals surface area contributed by atoms with Crippen LogP contribution in [0, 0.1) is 5.82 Å². The second-order valence-electron chi connectivity index (χ2n) is 5.20. The molecule has 7 heteroatoms. The second kappa shape index (κ2) is 6.73. The lowest BCUT2D eigenvalue weighted by atomic mass is 9.97. The van der Waals surface area contributed by atoms with Crippen LogP contribution in [-0.2, 0) is 0 Å². The highest BCUT2D eigenvalue weighted by atomic mass is 35.5. The highest BCUT2D eigenvalue weighted by Gasteiger charge is 2.18. The van der Waals surface area contributed by atoms with E-state index < -0.39 is 11.7 Å². The Balaban J connectivity index is 1.70. The van der Waals surface area contributed by atoms with Crippen LogP contribution in [0.4, 0.5) is 9.52 Å². The number of rotatable bonds is 3. The van der Waals surface area contributed by atoms with Gasteiger partial charge >= 0.3 is 0 Å². The van der Waals surface area contributed by atoms with Crippen LogP contribution in [0.1, 0.15) is 34.0 Å². The zero-order valence-electron chi connectivity index (χ0n) is 11.7. The minimum absolute atomic E-state index is 0.184. The largest absolute Gasteiger partial charge is 0.317 e. The maximum atomic E-state index is 13.3. The van der Waals surface area contributed by atoms with E-state index in [1.54, 1.807) is 0 Å². The predicted octanol–water partition coefficient (Wildman–Crippen LogP) is 3.65. The van der Waals surface area contributed by atoms with Crippen LogP contribution in [-0.4, -0.2) is 24.0 Å². The monoisotopic (exact) mass is 339 g/mol. The van der Waals surface area contributed by atoms with E-state index in [2.05, 4.69) is 15.6 Å². The van der Waals surface area contributed by atoms with Gasteiger partial charge in [-0.25, -0.2) is 9.37 Å². The Morgan fingerprint density at radius 3 is 2.86 bits per heavy atom. The molecule has 3 rings (SSSR count). The molecule has 1 aliphatic rings. The predicted molar refractivity (Wildman–Crippen MR) is 86.3 cm³/mol. The summed E-state index contributed by atoms with van der Waals surface area (Å²) in [7, 11) is 0. The van der Waals surface area contributed by atoms with Gasteiger partial charge in [-0.3, -0.25) is 10.1 Å². The van der Waals surface area contributed by atoms with Crippen molar-refractivity contribution in [3.63, 3.8) is 0 Å². The maximum Gasteiger partial charge on any atom is 0.257 e. The lowest BCUT2D eigenvalue weighted by Gasteiger charge is -2.20. The Labute approximate surface area is 136 Å². The van der Waals surface area contributed by atoms with Crippen molar-refractivity contribution in [3.8, 4) is 0 Å². The molecular formula is C15H15ClFN3OS. The number of aromatic nitrogens is 1. The standard InChI is InChI=1S/C15H15ClFN3OS/c16-11-5-10(6-12(17)7-11)14(21)20-15-19-8-13(22-15)9-1-3-18-4-2-9/h5-9,18H,1-4H2,(H,19,20,21). The lowest BCUT2D eigenvalue weighted by molar-refractivity contribution is 0.102. The Kier molecular flexibility index (Phi) is 4.71. The molecule has 2 heterocycles. The van der Waals surface area contributed by atoms with Crippen LogP contribution in [0.25, 0.3) is 0 Å². The number of anilines is 1. The molecule has 2 N–H and O–H groups in total. The first-order chi connectivity index (χ1) is 10.6. The number of hydrogen-bond acceptors (Lipinski definition) is 4. The van der Waals surface area contributed by atoms with Crippen LogP contribution in [0.2, 0.25) is 5.02 Å². The summed E-state index contributed by atoms with van der Waals surface area (Å²) in [5.41, 5.74) is 0.184. The molecule has 1 amide bonds.